The molecule has 7 heteroatoms. The van der Waals surface area contributed by atoms with Crippen LogP contribution in [0.2, 0.25) is 0 Å². The van der Waals surface area contributed by atoms with Gasteiger partial charge >= 0.3 is 0 Å². The first-order chi connectivity index (χ1) is 14.8. The number of azide groups is 2. The van der Waals surface area contributed by atoms with Gasteiger partial charge in [0.15, 0.2) is 0 Å². The minimum Gasteiger partial charge on any atom is -0.248 e. The molecule has 0 spiro atoms. The summed E-state index contributed by atoms with van der Waals surface area (Å²) in [4.78, 5) is 10.5. The highest BCUT2D eigenvalue weighted by molar-refractivity contribution is 5.77. The lowest BCUT2D eigenvalue weighted by molar-refractivity contribution is 1.32. The van der Waals surface area contributed by atoms with Crippen LogP contribution in [0.4, 0.5) is 11.4 Å². The van der Waals surface area contributed by atoms with Gasteiger partial charge in [-0.3, -0.25) is 0 Å². The molecule has 1 aromatic heterocycles. The smallest absolute Gasteiger partial charge is 0.0715 e. The van der Waals surface area contributed by atoms with Crippen molar-refractivity contribution in [1.82, 2.24) is 4.98 Å². The summed E-state index contributed by atoms with van der Waals surface area (Å²) in [5.74, 6) is 0. The third-order valence-corrected chi connectivity index (χ3v) is 4.58. The Hall–Kier alpha value is -4.57. The minimum atomic E-state index is 0.550. The first-order valence-corrected chi connectivity index (χ1v) is 9.15. The van der Waals surface area contributed by atoms with Gasteiger partial charge in [0, 0.05) is 32.3 Å². The summed E-state index contributed by atoms with van der Waals surface area (Å²) in [5, 5.41) is 7.24. The molecule has 0 amide bonds. The molecular weight excluding hydrogens is 374 g/mol. The van der Waals surface area contributed by atoms with Gasteiger partial charge in [0.05, 0.1) is 11.4 Å². The molecule has 0 atom stereocenters. The summed E-state index contributed by atoms with van der Waals surface area (Å²) in [6.45, 7) is 0. The third kappa shape index (κ3) is 4.13. The molecule has 0 unspecified atom stereocenters. The fourth-order valence-corrected chi connectivity index (χ4v) is 3.12. The number of aromatic nitrogens is 1. The van der Waals surface area contributed by atoms with E-state index in [1.54, 1.807) is 24.3 Å². The number of nitrogens with zero attached hydrogens (tertiary/aromatic N) is 7. The number of rotatable bonds is 5. The molecular formula is C23H15N7. The quantitative estimate of drug-likeness (QED) is 0.192. The predicted molar refractivity (Wildman–Crippen MR) is 118 cm³/mol. The molecule has 0 aliphatic heterocycles. The average Bonchev–Trinajstić information content (AvgIpc) is 2.81. The summed E-state index contributed by atoms with van der Waals surface area (Å²) in [7, 11) is 0. The zero-order chi connectivity index (χ0) is 20.8. The second kappa shape index (κ2) is 8.63. The number of pyridine rings is 1. The largest absolute Gasteiger partial charge is 0.248 e. The molecule has 4 rings (SSSR count). The van der Waals surface area contributed by atoms with Crippen molar-refractivity contribution < 1.29 is 0 Å². The van der Waals surface area contributed by atoms with Crippen molar-refractivity contribution >= 4 is 11.4 Å². The van der Waals surface area contributed by atoms with Gasteiger partial charge in [0.25, 0.3) is 0 Å². The Morgan fingerprint density at radius 1 is 0.533 bits per heavy atom. The lowest BCUT2D eigenvalue weighted by Crippen LogP contribution is -1.91. The van der Waals surface area contributed by atoms with Crippen molar-refractivity contribution in [2.45, 2.75) is 0 Å². The lowest BCUT2D eigenvalue weighted by Gasteiger charge is -2.10. The van der Waals surface area contributed by atoms with E-state index in [9.17, 15) is 0 Å². The van der Waals surface area contributed by atoms with Gasteiger partial charge in [0.1, 0.15) is 0 Å². The van der Waals surface area contributed by atoms with Crippen molar-refractivity contribution in [2.24, 2.45) is 10.2 Å². The third-order valence-electron chi connectivity index (χ3n) is 4.58. The average molecular weight is 389 g/mol. The summed E-state index contributed by atoms with van der Waals surface area (Å²) >= 11 is 0. The van der Waals surface area contributed by atoms with E-state index in [4.69, 9.17) is 16.0 Å². The molecule has 1 heterocycles. The monoisotopic (exact) mass is 389 g/mol. The van der Waals surface area contributed by atoms with E-state index in [2.05, 4.69) is 32.2 Å². The van der Waals surface area contributed by atoms with Gasteiger partial charge in [-0.15, -0.1) is 0 Å². The molecule has 0 aliphatic rings. The van der Waals surface area contributed by atoms with Gasteiger partial charge in [-0.05, 0) is 34.3 Å². The normalized spacial score (nSPS) is 10.0. The van der Waals surface area contributed by atoms with Crippen LogP contribution in [-0.4, -0.2) is 4.98 Å². The van der Waals surface area contributed by atoms with Gasteiger partial charge < -0.3 is 0 Å². The lowest BCUT2D eigenvalue weighted by atomic mass is 10.00. The second-order valence-corrected chi connectivity index (χ2v) is 6.46. The maximum atomic E-state index is 8.60. The fourth-order valence-electron chi connectivity index (χ4n) is 3.12. The van der Waals surface area contributed by atoms with Crippen LogP contribution >= 0.6 is 0 Å². The van der Waals surface area contributed by atoms with E-state index in [1.165, 1.54) is 0 Å². The maximum absolute atomic E-state index is 8.60. The van der Waals surface area contributed by atoms with Crippen LogP contribution in [0.3, 0.4) is 0 Å². The highest BCUT2D eigenvalue weighted by Crippen LogP contribution is 2.31. The molecule has 0 N–H and O–H groups in total. The summed E-state index contributed by atoms with van der Waals surface area (Å²) < 4.78 is 0. The Morgan fingerprint density at radius 2 is 1.00 bits per heavy atom. The summed E-state index contributed by atoms with van der Waals surface area (Å²) in [5.41, 5.74) is 23.9. The summed E-state index contributed by atoms with van der Waals surface area (Å²) in [6, 6.07) is 28.8. The van der Waals surface area contributed by atoms with Crippen molar-refractivity contribution in [3.8, 4) is 33.6 Å². The van der Waals surface area contributed by atoms with Crippen molar-refractivity contribution in [3.63, 3.8) is 0 Å². The minimum absolute atomic E-state index is 0.550. The molecule has 0 bridgehead atoms. The Balaban J connectivity index is 1.84. The molecule has 7 nitrogen and oxygen atoms in total. The number of benzene rings is 3. The highest BCUT2D eigenvalue weighted by atomic mass is 15.1. The van der Waals surface area contributed by atoms with E-state index in [0.29, 0.717) is 11.4 Å². The molecule has 0 fully saturated rings. The topological polar surface area (TPSA) is 110 Å². The van der Waals surface area contributed by atoms with Crippen LogP contribution in [0.5, 0.6) is 0 Å². The Kier molecular flexibility index (Phi) is 5.40. The van der Waals surface area contributed by atoms with Crippen LogP contribution in [0, 0.1) is 0 Å². The predicted octanol–water partition coefficient (Wildman–Crippen LogP) is 7.97. The molecule has 3 aromatic carbocycles. The second-order valence-electron chi connectivity index (χ2n) is 6.46. The van der Waals surface area contributed by atoms with E-state index in [1.807, 2.05) is 54.6 Å². The first-order valence-electron chi connectivity index (χ1n) is 9.15. The van der Waals surface area contributed by atoms with E-state index < -0.39 is 0 Å². The van der Waals surface area contributed by atoms with Crippen molar-refractivity contribution in [3.05, 3.63) is 112 Å². The first kappa shape index (κ1) is 18.8. The molecule has 0 aliphatic carbocycles. The fraction of sp³-hybridized carbons (Fsp3) is 0. The molecule has 30 heavy (non-hydrogen) atoms. The Morgan fingerprint density at radius 3 is 1.43 bits per heavy atom. The standard InChI is InChI=1S/C23H15N7/c24-29-27-20-10-6-17(7-11-20)22-14-19(16-4-2-1-3-5-16)15-23(26-22)18-8-12-21(13-9-18)28-30-25/h1-15H. The van der Waals surface area contributed by atoms with Crippen LogP contribution in [0.1, 0.15) is 0 Å². The van der Waals surface area contributed by atoms with Crippen LogP contribution < -0.4 is 0 Å². The van der Waals surface area contributed by atoms with Crippen LogP contribution in [0.25, 0.3) is 54.5 Å². The molecule has 0 saturated heterocycles. The zero-order valence-electron chi connectivity index (χ0n) is 15.8. The van der Waals surface area contributed by atoms with Crippen molar-refractivity contribution in [1.29, 1.82) is 0 Å². The maximum Gasteiger partial charge on any atom is 0.0715 e. The number of hydrogen-bond acceptors (Lipinski definition) is 3. The zero-order valence-corrected chi connectivity index (χ0v) is 15.8. The SMILES string of the molecule is [N-]=[N+]=Nc1ccc(-c2cc(-c3ccccc3)cc(-c3ccc(N=[N+]=[N-])cc3)n2)cc1. The van der Waals surface area contributed by atoms with Gasteiger partial charge in [-0.2, -0.15) is 0 Å². The van der Waals surface area contributed by atoms with Gasteiger partial charge in [-0.1, -0.05) is 89.1 Å². The molecule has 4 aromatic rings. The van der Waals surface area contributed by atoms with E-state index in [-0.39, 0.29) is 0 Å². The van der Waals surface area contributed by atoms with Crippen LogP contribution in [0.15, 0.2) is 101 Å². The Labute approximate surface area is 172 Å². The van der Waals surface area contributed by atoms with E-state index in [0.717, 1.165) is 33.6 Å². The molecule has 0 radical (unpaired) electrons. The highest BCUT2D eigenvalue weighted by Gasteiger charge is 2.09. The molecule has 142 valence electrons. The summed E-state index contributed by atoms with van der Waals surface area (Å²) in [6.07, 6.45) is 0. The van der Waals surface area contributed by atoms with Gasteiger partial charge in [-0.25, -0.2) is 4.98 Å². The van der Waals surface area contributed by atoms with Crippen molar-refractivity contribution in [2.75, 3.05) is 0 Å². The van der Waals surface area contributed by atoms with E-state index >= 15 is 0 Å². The Bertz CT molecular complexity index is 1190. The van der Waals surface area contributed by atoms with Gasteiger partial charge in [0.2, 0.25) is 0 Å². The molecule has 0 saturated carbocycles. The number of hydrogen-bond donors (Lipinski definition) is 0. The van der Waals surface area contributed by atoms with Crippen LogP contribution in [-0.2, 0) is 0 Å².